The highest BCUT2D eigenvalue weighted by Gasteiger charge is 2.08. The molecule has 0 atom stereocenters. The topological polar surface area (TPSA) is 61.3 Å². The van der Waals surface area contributed by atoms with Gasteiger partial charge < -0.3 is 9.47 Å². The molecule has 1 aromatic rings. The van der Waals surface area contributed by atoms with Gasteiger partial charge in [0.25, 0.3) is 5.88 Å². The van der Waals surface area contributed by atoms with Gasteiger partial charge in [0.2, 0.25) is 5.75 Å². The minimum atomic E-state index is -0.340. The number of aromatic nitrogens is 2. The van der Waals surface area contributed by atoms with Gasteiger partial charge >= 0.3 is 5.97 Å². The van der Waals surface area contributed by atoms with Crippen LogP contribution in [-0.4, -0.2) is 23.0 Å². The third-order valence-electron chi connectivity index (χ3n) is 1.35. The first kappa shape index (κ1) is 9.44. The second kappa shape index (κ2) is 4.39. The average Bonchev–Trinajstić information content (AvgIpc) is 2.18. The Morgan fingerprint density at radius 1 is 1.62 bits per heavy atom. The molecule has 0 aliphatic carbocycles. The number of methoxy groups -OCH3 is 1. The Balaban J connectivity index is 2.81. The summed E-state index contributed by atoms with van der Waals surface area (Å²) in [6, 6.07) is 0. The number of ether oxygens (including phenoxy) is 2. The van der Waals surface area contributed by atoms with Gasteiger partial charge in [-0.2, -0.15) is 4.98 Å². The smallest absolute Gasteiger partial charge is 0.311 e. The number of carbonyl (C=O) groups excluding carboxylic acids is 1. The summed E-state index contributed by atoms with van der Waals surface area (Å²) in [6.45, 7) is 1.71. The fourth-order valence-corrected chi connectivity index (χ4v) is 0.724. The zero-order valence-electron chi connectivity index (χ0n) is 7.48. The van der Waals surface area contributed by atoms with Crippen molar-refractivity contribution in [3.63, 3.8) is 0 Å². The molecule has 1 rings (SSSR count). The summed E-state index contributed by atoms with van der Waals surface area (Å²) in [6.07, 6.45) is 3.01. The predicted molar refractivity (Wildman–Crippen MR) is 44.5 cm³/mol. The second-order valence-corrected chi connectivity index (χ2v) is 2.22. The molecular weight excluding hydrogens is 172 g/mol. The maximum atomic E-state index is 10.9. The molecule has 0 aliphatic heterocycles. The Kier molecular flexibility index (Phi) is 3.19. The first-order valence-corrected chi connectivity index (χ1v) is 3.82. The van der Waals surface area contributed by atoms with Crippen molar-refractivity contribution in [2.24, 2.45) is 0 Å². The number of hydrogen-bond acceptors (Lipinski definition) is 5. The minimum Gasteiger partial charge on any atom is -0.478 e. The van der Waals surface area contributed by atoms with E-state index in [4.69, 9.17) is 9.47 Å². The first-order chi connectivity index (χ1) is 6.27. The Morgan fingerprint density at radius 2 is 2.38 bits per heavy atom. The van der Waals surface area contributed by atoms with Gasteiger partial charge in [-0.25, -0.2) is 4.98 Å². The van der Waals surface area contributed by atoms with Gasteiger partial charge in [-0.15, -0.1) is 0 Å². The number of nitrogens with zero attached hydrogens (tertiary/aromatic N) is 2. The Labute approximate surface area is 75.7 Å². The molecular formula is C8H10N2O3. The van der Waals surface area contributed by atoms with Crippen molar-refractivity contribution in [3.8, 4) is 11.6 Å². The summed E-state index contributed by atoms with van der Waals surface area (Å²) in [5, 5.41) is 0. The summed E-state index contributed by atoms with van der Waals surface area (Å²) < 4.78 is 9.76. The molecule has 0 saturated heterocycles. The van der Waals surface area contributed by atoms with Crippen LogP contribution in [0.4, 0.5) is 0 Å². The third kappa shape index (κ3) is 2.40. The number of rotatable bonds is 3. The minimum absolute atomic E-state index is 0.247. The van der Waals surface area contributed by atoms with E-state index in [1.807, 2.05) is 0 Å². The van der Waals surface area contributed by atoms with Crippen molar-refractivity contribution in [3.05, 3.63) is 12.5 Å². The number of carbonyl (C=O) groups is 1. The van der Waals surface area contributed by atoms with Crippen LogP contribution in [-0.2, 0) is 4.79 Å². The molecule has 0 saturated carbocycles. The van der Waals surface area contributed by atoms with Gasteiger partial charge in [0.1, 0.15) is 6.33 Å². The van der Waals surface area contributed by atoms with E-state index in [0.29, 0.717) is 6.42 Å². The van der Waals surface area contributed by atoms with Crippen molar-refractivity contribution < 1.29 is 14.3 Å². The molecule has 0 spiro atoms. The Bertz CT molecular complexity index is 301. The largest absolute Gasteiger partial charge is 0.478 e. The van der Waals surface area contributed by atoms with Crippen LogP contribution in [0, 0.1) is 0 Å². The zero-order valence-corrected chi connectivity index (χ0v) is 7.48. The van der Waals surface area contributed by atoms with Gasteiger partial charge in [0.15, 0.2) is 0 Å². The Morgan fingerprint density at radius 3 is 3.00 bits per heavy atom. The second-order valence-electron chi connectivity index (χ2n) is 2.22. The molecule has 1 aromatic heterocycles. The van der Waals surface area contributed by atoms with E-state index in [-0.39, 0.29) is 17.6 Å². The molecule has 0 aromatic carbocycles. The highest BCUT2D eigenvalue weighted by molar-refractivity contribution is 5.72. The maximum Gasteiger partial charge on any atom is 0.311 e. The van der Waals surface area contributed by atoms with Crippen LogP contribution in [0.15, 0.2) is 12.5 Å². The highest BCUT2D eigenvalue weighted by Crippen LogP contribution is 2.21. The molecule has 5 heteroatoms. The predicted octanol–water partition coefficient (Wildman–Crippen LogP) is 0.801. The normalized spacial score (nSPS) is 9.38. The maximum absolute atomic E-state index is 10.9. The molecule has 5 nitrogen and oxygen atoms in total. The fourth-order valence-electron chi connectivity index (χ4n) is 0.724. The van der Waals surface area contributed by atoms with Crippen LogP contribution in [0.25, 0.3) is 0 Å². The lowest BCUT2D eigenvalue weighted by Crippen LogP contribution is -2.07. The third-order valence-corrected chi connectivity index (χ3v) is 1.35. The van der Waals surface area contributed by atoms with E-state index >= 15 is 0 Å². The fraction of sp³-hybridized carbons (Fsp3) is 0.375. The van der Waals surface area contributed by atoms with E-state index in [9.17, 15) is 4.79 Å². The molecule has 1 heterocycles. The molecule has 0 aliphatic rings. The van der Waals surface area contributed by atoms with Crippen LogP contribution < -0.4 is 9.47 Å². The van der Waals surface area contributed by atoms with E-state index in [1.165, 1.54) is 19.6 Å². The average molecular weight is 182 g/mol. The van der Waals surface area contributed by atoms with E-state index < -0.39 is 0 Å². The van der Waals surface area contributed by atoms with Crippen LogP contribution in [0.5, 0.6) is 11.6 Å². The van der Waals surface area contributed by atoms with Gasteiger partial charge in [0.05, 0.1) is 13.3 Å². The molecule has 0 fully saturated rings. The molecule has 70 valence electrons. The quantitative estimate of drug-likeness (QED) is 0.647. The van der Waals surface area contributed by atoms with Gasteiger partial charge in [0, 0.05) is 6.42 Å². The van der Waals surface area contributed by atoms with Crippen molar-refractivity contribution in [1.82, 2.24) is 9.97 Å². The SMILES string of the molecule is CCC(=O)Oc1cncnc1OC. The van der Waals surface area contributed by atoms with E-state index in [2.05, 4.69) is 9.97 Å². The molecule has 13 heavy (non-hydrogen) atoms. The lowest BCUT2D eigenvalue weighted by molar-refractivity contribution is -0.134. The lowest BCUT2D eigenvalue weighted by atomic mass is 10.5. The van der Waals surface area contributed by atoms with Crippen LogP contribution >= 0.6 is 0 Å². The molecule has 0 radical (unpaired) electrons. The Hall–Kier alpha value is -1.65. The van der Waals surface area contributed by atoms with Crippen molar-refractivity contribution >= 4 is 5.97 Å². The van der Waals surface area contributed by atoms with E-state index in [0.717, 1.165) is 0 Å². The summed E-state index contributed by atoms with van der Waals surface area (Å²) in [5.74, 6) is 0.168. The van der Waals surface area contributed by atoms with Crippen LogP contribution in [0.3, 0.4) is 0 Å². The summed E-state index contributed by atoms with van der Waals surface area (Å²) in [7, 11) is 1.45. The summed E-state index contributed by atoms with van der Waals surface area (Å²) in [5.41, 5.74) is 0. The molecule has 0 bridgehead atoms. The van der Waals surface area contributed by atoms with E-state index in [1.54, 1.807) is 6.92 Å². The highest BCUT2D eigenvalue weighted by atomic mass is 16.6. The molecule has 0 unspecified atom stereocenters. The lowest BCUT2D eigenvalue weighted by Gasteiger charge is -2.05. The summed E-state index contributed by atoms with van der Waals surface area (Å²) >= 11 is 0. The van der Waals surface area contributed by atoms with Crippen LogP contribution in [0.1, 0.15) is 13.3 Å². The van der Waals surface area contributed by atoms with Crippen molar-refractivity contribution in [2.45, 2.75) is 13.3 Å². The van der Waals surface area contributed by atoms with Crippen LogP contribution in [0.2, 0.25) is 0 Å². The monoisotopic (exact) mass is 182 g/mol. The zero-order chi connectivity index (χ0) is 9.68. The number of esters is 1. The summed E-state index contributed by atoms with van der Waals surface area (Å²) in [4.78, 5) is 18.4. The van der Waals surface area contributed by atoms with Gasteiger partial charge in [-0.1, -0.05) is 6.92 Å². The van der Waals surface area contributed by atoms with Gasteiger partial charge in [-0.05, 0) is 0 Å². The van der Waals surface area contributed by atoms with Gasteiger partial charge in [-0.3, -0.25) is 4.79 Å². The number of hydrogen-bond donors (Lipinski definition) is 0. The standard InChI is InChI=1S/C8H10N2O3/c1-3-7(11)13-6-4-9-5-10-8(6)12-2/h4-5H,3H2,1-2H3. The molecule has 0 N–H and O–H groups in total. The van der Waals surface area contributed by atoms with Crippen molar-refractivity contribution in [1.29, 1.82) is 0 Å². The van der Waals surface area contributed by atoms with Crippen molar-refractivity contribution in [2.75, 3.05) is 7.11 Å². The molecule has 0 amide bonds. The first-order valence-electron chi connectivity index (χ1n) is 3.82.